The number of nitrogens with zero attached hydrogens (tertiary/aromatic N) is 3. The van der Waals surface area contributed by atoms with Crippen molar-refractivity contribution >= 4 is 42.9 Å². The summed E-state index contributed by atoms with van der Waals surface area (Å²) in [6, 6.07) is 4.83. The van der Waals surface area contributed by atoms with Gasteiger partial charge in [-0.3, -0.25) is 4.57 Å². The molecule has 0 aliphatic heterocycles. The van der Waals surface area contributed by atoms with Gasteiger partial charge in [0, 0.05) is 26.8 Å². The molecule has 0 amide bonds. The molecule has 9 heteroatoms. The van der Waals surface area contributed by atoms with Gasteiger partial charge in [-0.15, -0.1) is 10.2 Å². The van der Waals surface area contributed by atoms with Crippen molar-refractivity contribution in [3.05, 3.63) is 28.2 Å². The third-order valence-corrected chi connectivity index (χ3v) is 4.37. The zero-order valence-electron chi connectivity index (χ0n) is 11.4. The van der Waals surface area contributed by atoms with Gasteiger partial charge in [-0.25, -0.2) is 8.42 Å². The van der Waals surface area contributed by atoms with Crippen LogP contribution in [0.5, 0.6) is 0 Å². The van der Waals surface area contributed by atoms with Crippen LogP contribution in [0.25, 0.3) is 11.4 Å². The largest absolute Gasteiger partial charge is 0.296 e. The molecule has 1 heterocycles. The van der Waals surface area contributed by atoms with Crippen molar-refractivity contribution in [2.24, 2.45) is 0 Å². The van der Waals surface area contributed by atoms with Crippen molar-refractivity contribution in [2.75, 3.05) is 0 Å². The van der Waals surface area contributed by atoms with Crippen LogP contribution in [0.3, 0.4) is 0 Å². The van der Waals surface area contributed by atoms with E-state index in [1.54, 1.807) is 18.2 Å². The molecule has 0 atom stereocenters. The molecule has 0 aliphatic rings. The molecule has 1 aromatic carbocycles. The second-order valence-corrected chi connectivity index (χ2v) is 8.68. The minimum Gasteiger partial charge on any atom is -0.291 e. The summed E-state index contributed by atoms with van der Waals surface area (Å²) in [5, 5.41) is 8.13. The number of aromatic nitrogens is 3. The van der Waals surface area contributed by atoms with Crippen LogP contribution in [0.2, 0.25) is 10.0 Å². The molecule has 0 radical (unpaired) electrons. The van der Waals surface area contributed by atoms with Crippen molar-refractivity contribution in [1.82, 2.24) is 14.8 Å². The topological polar surface area (TPSA) is 64.8 Å². The van der Waals surface area contributed by atoms with E-state index in [-0.39, 0.29) is 11.0 Å². The second kappa shape index (κ2) is 5.43. The quantitative estimate of drug-likeness (QED) is 0.753. The van der Waals surface area contributed by atoms with Crippen molar-refractivity contribution in [3.8, 4) is 11.4 Å². The van der Waals surface area contributed by atoms with Gasteiger partial charge >= 0.3 is 0 Å². The minimum atomic E-state index is -4.04. The number of halogens is 3. The van der Waals surface area contributed by atoms with Gasteiger partial charge in [0.2, 0.25) is 0 Å². The van der Waals surface area contributed by atoms with E-state index in [0.717, 1.165) is 0 Å². The monoisotopic (exact) mass is 367 g/mol. The summed E-state index contributed by atoms with van der Waals surface area (Å²) in [6.07, 6.45) is 0. The van der Waals surface area contributed by atoms with Crippen LogP contribution >= 0.6 is 33.9 Å². The molecule has 0 spiro atoms. The lowest BCUT2D eigenvalue weighted by Crippen LogP contribution is -2.26. The Kier molecular flexibility index (Phi) is 4.28. The summed E-state index contributed by atoms with van der Waals surface area (Å²) in [5.41, 5.74) is -0.139. The number of hydrogen-bond acceptors (Lipinski definition) is 4. The third-order valence-electron chi connectivity index (χ3n) is 2.69. The van der Waals surface area contributed by atoms with E-state index >= 15 is 0 Å². The summed E-state index contributed by atoms with van der Waals surface area (Å²) in [4.78, 5) is 0. The maximum absolute atomic E-state index is 11.7. The van der Waals surface area contributed by atoms with E-state index in [1.807, 2.05) is 20.8 Å². The van der Waals surface area contributed by atoms with Gasteiger partial charge in [-0.05, 0) is 39.0 Å². The van der Waals surface area contributed by atoms with Crippen molar-refractivity contribution in [3.63, 3.8) is 0 Å². The SMILES string of the molecule is CC(C)(C)n1c(-c2cc(Cl)ccc2Cl)nnc1S(=O)(=O)Cl. The van der Waals surface area contributed by atoms with E-state index in [2.05, 4.69) is 10.2 Å². The van der Waals surface area contributed by atoms with Crippen molar-refractivity contribution < 1.29 is 8.42 Å². The molecule has 0 aliphatic carbocycles. The Morgan fingerprint density at radius 2 is 1.76 bits per heavy atom. The van der Waals surface area contributed by atoms with E-state index in [0.29, 0.717) is 15.6 Å². The fourth-order valence-electron chi connectivity index (χ4n) is 1.88. The first-order valence-electron chi connectivity index (χ1n) is 5.88. The van der Waals surface area contributed by atoms with Gasteiger partial charge in [0.1, 0.15) is 0 Å². The highest BCUT2D eigenvalue weighted by Gasteiger charge is 2.30. The maximum Gasteiger partial charge on any atom is 0.296 e. The normalized spacial score (nSPS) is 12.7. The molecule has 0 N–H and O–H groups in total. The first kappa shape index (κ1) is 16.5. The fraction of sp³-hybridized carbons (Fsp3) is 0.333. The van der Waals surface area contributed by atoms with Gasteiger partial charge in [-0.1, -0.05) is 23.2 Å². The lowest BCUT2D eigenvalue weighted by Gasteiger charge is -2.24. The first-order chi connectivity index (χ1) is 9.51. The molecule has 0 unspecified atom stereocenters. The highest BCUT2D eigenvalue weighted by atomic mass is 35.7. The average Bonchev–Trinajstić information content (AvgIpc) is 2.76. The first-order valence-corrected chi connectivity index (χ1v) is 8.94. The van der Waals surface area contributed by atoms with E-state index < -0.39 is 14.6 Å². The smallest absolute Gasteiger partial charge is 0.291 e. The van der Waals surface area contributed by atoms with Crippen molar-refractivity contribution in [1.29, 1.82) is 0 Å². The van der Waals surface area contributed by atoms with Crippen LogP contribution in [-0.2, 0) is 14.6 Å². The van der Waals surface area contributed by atoms with E-state index in [9.17, 15) is 8.42 Å². The Morgan fingerprint density at radius 3 is 2.29 bits per heavy atom. The predicted octanol–water partition coefficient (Wildman–Crippen LogP) is 3.93. The Labute approximate surface area is 137 Å². The number of rotatable bonds is 2. The lowest BCUT2D eigenvalue weighted by atomic mass is 10.1. The van der Waals surface area contributed by atoms with Crippen molar-refractivity contribution in [2.45, 2.75) is 31.5 Å². The summed E-state index contributed by atoms with van der Waals surface area (Å²) in [7, 11) is 1.39. The molecule has 0 fully saturated rings. The Hall–Kier alpha value is -0.820. The minimum absolute atomic E-state index is 0.286. The predicted molar refractivity (Wildman–Crippen MR) is 83.5 cm³/mol. The van der Waals surface area contributed by atoms with Crippen LogP contribution < -0.4 is 0 Å². The lowest BCUT2D eigenvalue weighted by molar-refractivity contribution is 0.367. The van der Waals surface area contributed by atoms with Gasteiger partial charge in [0.15, 0.2) is 5.82 Å². The third kappa shape index (κ3) is 3.34. The Balaban J connectivity index is 2.83. The second-order valence-electron chi connectivity index (χ2n) is 5.37. The van der Waals surface area contributed by atoms with Gasteiger partial charge in [-0.2, -0.15) is 0 Å². The van der Waals surface area contributed by atoms with Gasteiger partial charge in [0.25, 0.3) is 14.2 Å². The molecule has 114 valence electrons. The molecule has 21 heavy (non-hydrogen) atoms. The Morgan fingerprint density at radius 1 is 1.14 bits per heavy atom. The van der Waals surface area contributed by atoms with Crippen LogP contribution in [-0.4, -0.2) is 23.2 Å². The molecule has 0 bridgehead atoms. The fourth-order valence-corrected chi connectivity index (χ4v) is 3.27. The van der Waals surface area contributed by atoms with Crippen LogP contribution in [0, 0.1) is 0 Å². The molecule has 2 rings (SSSR count). The van der Waals surface area contributed by atoms with E-state index in [1.165, 1.54) is 4.57 Å². The number of benzene rings is 1. The zero-order valence-corrected chi connectivity index (χ0v) is 14.5. The van der Waals surface area contributed by atoms with Crippen LogP contribution in [0.1, 0.15) is 20.8 Å². The highest BCUT2D eigenvalue weighted by molar-refractivity contribution is 8.13. The molecule has 1 aromatic heterocycles. The average molecular weight is 369 g/mol. The van der Waals surface area contributed by atoms with E-state index in [4.69, 9.17) is 33.9 Å². The zero-order chi connectivity index (χ0) is 16.0. The maximum atomic E-state index is 11.7. The highest BCUT2D eigenvalue weighted by Crippen LogP contribution is 2.34. The molecule has 0 saturated carbocycles. The van der Waals surface area contributed by atoms with Gasteiger partial charge < -0.3 is 0 Å². The summed E-state index contributed by atoms with van der Waals surface area (Å²) in [6.45, 7) is 5.43. The molecular formula is C12H12Cl3N3O2S. The van der Waals surface area contributed by atoms with Gasteiger partial charge in [0.05, 0.1) is 5.02 Å². The Bertz CT molecular complexity index is 795. The molecule has 5 nitrogen and oxygen atoms in total. The van der Waals surface area contributed by atoms with Crippen LogP contribution in [0.4, 0.5) is 0 Å². The summed E-state index contributed by atoms with van der Waals surface area (Å²) < 4.78 is 24.8. The summed E-state index contributed by atoms with van der Waals surface area (Å²) in [5.74, 6) is 0.286. The molecule has 0 saturated heterocycles. The molecule has 2 aromatic rings. The standard InChI is InChI=1S/C12H12Cl3N3O2S/c1-12(2,3)18-10(16-17-11(18)21(15,19)20)8-6-7(13)4-5-9(8)14/h4-6H,1-3H3. The molecular weight excluding hydrogens is 357 g/mol. The summed E-state index contributed by atoms with van der Waals surface area (Å²) >= 11 is 12.1. The van der Waals surface area contributed by atoms with Crippen LogP contribution in [0.15, 0.2) is 23.4 Å². The number of hydrogen-bond donors (Lipinski definition) is 0.